The number of aliphatic hydroxyl groups is 1. The second kappa shape index (κ2) is 7.63. The van der Waals surface area contributed by atoms with Crippen molar-refractivity contribution < 1.29 is 14.6 Å². The van der Waals surface area contributed by atoms with E-state index in [0.29, 0.717) is 26.1 Å². The second-order valence-corrected chi connectivity index (χ2v) is 3.74. The average Bonchev–Trinajstić information content (AvgIpc) is 2.36. The molecule has 3 heteroatoms. The van der Waals surface area contributed by atoms with Gasteiger partial charge in [0.05, 0.1) is 19.0 Å². The minimum Gasteiger partial charge on any atom is -0.512 e. The van der Waals surface area contributed by atoms with Crippen molar-refractivity contribution in [1.29, 1.82) is 0 Å². The van der Waals surface area contributed by atoms with Crippen LogP contribution in [-0.2, 0) is 16.1 Å². The van der Waals surface area contributed by atoms with Crippen molar-refractivity contribution in [2.45, 2.75) is 26.4 Å². The fourth-order valence-corrected chi connectivity index (χ4v) is 1.30. The van der Waals surface area contributed by atoms with E-state index in [0.717, 1.165) is 5.56 Å². The maximum absolute atomic E-state index is 11.3. The topological polar surface area (TPSA) is 46.5 Å². The van der Waals surface area contributed by atoms with E-state index in [-0.39, 0.29) is 11.5 Å². The Morgan fingerprint density at radius 1 is 1.35 bits per heavy atom. The highest BCUT2D eigenvalue weighted by atomic mass is 16.5. The van der Waals surface area contributed by atoms with Crippen LogP contribution in [-0.4, -0.2) is 17.5 Å². The van der Waals surface area contributed by atoms with Gasteiger partial charge in [-0.3, -0.25) is 4.79 Å². The molecule has 0 radical (unpaired) electrons. The molecule has 0 aliphatic rings. The third-order valence-electron chi connectivity index (χ3n) is 2.29. The van der Waals surface area contributed by atoms with Crippen molar-refractivity contribution in [2.75, 3.05) is 6.61 Å². The summed E-state index contributed by atoms with van der Waals surface area (Å²) < 4.78 is 5.37. The lowest BCUT2D eigenvalue weighted by Gasteiger charge is -2.02. The highest BCUT2D eigenvalue weighted by Gasteiger charge is 2.00. The first-order chi connectivity index (χ1) is 8.22. The van der Waals surface area contributed by atoms with Crippen molar-refractivity contribution in [2.24, 2.45) is 0 Å². The lowest BCUT2D eigenvalue weighted by atomic mass is 10.2. The number of aliphatic hydroxyl groups excluding tert-OH is 1. The number of carbonyl (C=O) groups is 1. The third-order valence-corrected chi connectivity index (χ3v) is 2.29. The van der Waals surface area contributed by atoms with E-state index in [4.69, 9.17) is 9.84 Å². The van der Waals surface area contributed by atoms with Crippen LogP contribution in [0.4, 0.5) is 0 Å². The van der Waals surface area contributed by atoms with Gasteiger partial charge in [0.15, 0.2) is 5.78 Å². The van der Waals surface area contributed by atoms with Gasteiger partial charge in [-0.2, -0.15) is 0 Å². The molecule has 0 heterocycles. The maximum atomic E-state index is 11.3. The van der Waals surface area contributed by atoms with Gasteiger partial charge in [-0.1, -0.05) is 37.3 Å². The van der Waals surface area contributed by atoms with Gasteiger partial charge in [-0.25, -0.2) is 0 Å². The van der Waals surface area contributed by atoms with Gasteiger partial charge in [-0.05, 0) is 5.56 Å². The molecule has 0 aliphatic heterocycles. The maximum Gasteiger partial charge on any atom is 0.161 e. The Morgan fingerprint density at radius 3 is 2.71 bits per heavy atom. The minimum atomic E-state index is -0.0996. The molecule has 0 amide bonds. The van der Waals surface area contributed by atoms with Crippen molar-refractivity contribution in [1.82, 2.24) is 0 Å². The second-order valence-electron chi connectivity index (χ2n) is 3.74. The molecular weight excluding hydrogens is 216 g/mol. The summed E-state index contributed by atoms with van der Waals surface area (Å²) in [6.07, 6.45) is 2.05. The lowest BCUT2D eigenvalue weighted by Crippen LogP contribution is -2.02. The van der Waals surface area contributed by atoms with Crippen LogP contribution in [0.3, 0.4) is 0 Å². The molecule has 3 nitrogen and oxygen atoms in total. The molecule has 0 saturated carbocycles. The number of ketones is 1. The summed E-state index contributed by atoms with van der Waals surface area (Å²) in [4.78, 5) is 11.3. The molecule has 0 unspecified atom stereocenters. The standard InChI is InChI=1S/C14H18O3/c1-2-13(15)10-14(16)8-9-17-11-12-6-4-3-5-7-12/h3-7,10,15H,2,8-9,11H2,1H3/b13-10+. The van der Waals surface area contributed by atoms with Crippen molar-refractivity contribution in [3.8, 4) is 0 Å². The van der Waals surface area contributed by atoms with Crippen LogP contribution in [0.15, 0.2) is 42.2 Å². The van der Waals surface area contributed by atoms with Gasteiger partial charge in [0, 0.05) is 18.9 Å². The SMILES string of the molecule is CC/C(O)=C\C(=O)CCOCc1ccccc1. The van der Waals surface area contributed by atoms with E-state index in [1.165, 1.54) is 6.08 Å². The number of hydrogen-bond acceptors (Lipinski definition) is 3. The molecule has 1 aromatic carbocycles. The minimum absolute atomic E-state index is 0.0996. The first-order valence-corrected chi connectivity index (χ1v) is 5.76. The normalized spacial score (nSPS) is 11.5. The zero-order valence-corrected chi connectivity index (χ0v) is 10.1. The van der Waals surface area contributed by atoms with E-state index in [1.54, 1.807) is 6.92 Å². The highest BCUT2D eigenvalue weighted by molar-refractivity contribution is 5.90. The summed E-state index contributed by atoms with van der Waals surface area (Å²) in [7, 11) is 0. The molecule has 0 spiro atoms. The zero-order chi connectivity index (χ0) is 12.5. The quantitative estimate of drug-likeness (QED) is 0.448. The number of hydrogen-bond donors (Lipinski definition) is 1. The molecule has 1 rings (SSSR count). The van der Waals surface area contributed by atoms with Crippen LogP contribution < -0.4 is 0 Å². The molecule has 0 atom stereocenters. The summed E-state index contributed by atoms with van der Waals surface area (Å²) in [5, 5.41) is 9.16. The van der Waals surface area contributed by atoms with E-state index in [2.05, 4.69) is 0 Å². The Bertz CT molecular complexity index is 368. The van der Waals surface area contributed by atoms with Gasteiger partial charge < -0.3 is 9.84 Å². The Balaban J connectivity index is 2.19. The summed E-state index contributed by atoms with van der Waals surface area (Å²) in [5.41, 5.74) is 1.09. The van der Waals surface area contributed by atoms with Crippen molar-refractivity contribution in [3.05, 3.63) is 47.7 Å². The van der Waals surface area contributed by atoms with E-state index in [9.17, 15) is 4.79 Å². The van der Waals surface area contributed by atoms with Gasteiger partial charge in [0.2, 0.25) is 0 Å². The zero-order valence-electron chi connectivity index (χ0n) is 10.1. The first kappa shape index (κ1) is 13.5. The smallest absolute Gasteiger partial charge is 0.161 e. The molecule has 0 bridgehead atoms. The molecule has 0 aliphatic carbocycles. The van der Waals surface area contributed by atoms with Gasteiger partial charge >= 0.3 is 0 Å². The number of benzene rings is 1. The third kappa shape index (κ3) is 5.88. The van der Waals surface area contributed by atoms with Crippen LogP contribution >= 0.6 is 0 Å². The van der Waals surface area contributed by atoms with Crippen LogP contribution in [0.5, 0.6) is 0 Å². The van der Waals surface area contributed by atoms with Crippen molar-refractivity contribution >= 4 is 5.78 Å². The van der Waals surface area contributed by atoms with Gasteiger partial charge in [0.25, 0.3) is 0 Å². The monoisotopic (exact) mass is 234 g/mol. The molecule has 1 N–H and O–H groups in total. The molecule has 1 aromatic rings. The number of ether oxygens (including phenoxy) is 1. The van der Waals surface area contributed by atoms with Crippen molar-refractivity contribution in [3.63, 3.8) is 0 Å². The Labute approximate surface area is 102 Å². The highest BCUT2D eigenvalue weighted by Crippen LogP contribution is 2.02. The van der Waals surface area contributed by atoms with E-state index < -0.39 is 0 Å². The predicted molar refractivity (Wildman–Crippen MR) is 66.7 cm³/mol. The summed E-state index contributed by atoms with van der Waals surface area (Å²) >= 11 is 0. The number of carbonyl (C=O) groups excluding carboxylic acids is 1. The molecule has 92 valence electrons. The Morgan fingerprint density at radius 2 is 2.06 bits per heavy atom. The molecular formula is C14H18O3. The summed E-state index contributed by atoms with van der Waals surface area (Å²) in [6, 6.07) is 9.80. The van der Waals surface area contributed by atoms with E-state index >= 15 is 0 Å². The van der Waals surface area contributed by atoms with Gasteiger partial charge in [-0.15, -0.1) is 0 Å². The molecule has 0 saturated heterocycles. The molecule has 0 aromatic heterocycles. The summed E-state index contributed by atoms with van der Waals surface area (Å²) in [6.45, 7) is 2.68. The largest absolute Gasteiger partial charge is 0.512 e. The number of rotatable bonds is 7. The first-order valence-electron chi connectivity index (χ1n) is 5.76. The Kier molecular flexibility index (Phi) is 6.04. The molecule has 0 fully saturated rings. The lowest BCUT2D eigenvalue weighted by molar-refractivity contribution is -0.115. The summed E-state index contributed by atoms with van der Waals surface area (Å²) in [5.74, 6) is 0.0236. The molecule has 17 heavy (non-hydrogen) atoms. The van der Waals surface area contributed by atoms with Crippen LogP contribution in [0.25, 0.3) is 0 Å². The average molecular weight is 234 g/mol. The fourth-order valence-electron chi connectivity index (χ4n) is 1.30. The predicted octanol–water partition coefficient (Wildman–Crippen LogP) is 3.01. The van der Waals surface area contributed by atoms with Crippen LogP contribution in [0, 0.1) is 0 Å². The fraction of sp³-hybridized carbons (Fsp3) is 0.357. The van der Waals surface area contributed by atoms with Crippen LogP contribution in [0.2, 0.25) is 0 Å². The number of allylic oxidation sites excluding steroid dienone is 2. The van der Waals surface area contributed by atoms with Gasteiger partial charge in [0.1, 0.15) is 0 Å². The van der Waals surface area contributed by atoms with E-state index in [1.807, 2.05) is 30.3 Å². The Hall–Kier alpha value is -1.61. The van der Waals surface area contributed by atoms with Crippen LogP contribution in [0.1, 0.15) is 25.3 Å².